The molecule has 8 nitrogen and oxygen atoms in total. The van der Waals surface area contributed by atoms with Gasteiger partial charge < -0.3 is 21.1 Å². The van der Waals surface area contributed by atoms with Crippen molar-refractivity contribution < 1.29 is 19.5 Å². The molecule has 0 aromatic carbocycles. The highest BCUT2D eigenvalue weighted by atomic mass is 16.4. The van der Waals surface area contributed by atoms with Gasteiger partial charge in [0.25, 0.3) is 0 Å². The van der Waals surface area contributed by atoms with Crippen molar-refractivity contribution in [3.8, 4) is 12.3 Å². The summed E-state index contributed by atoms with van der Waals surface area (Å²) in [6.45, 7) is 0.413. The first-order valence-electron chi connectivity index (χ1n) is 7.90. The van der Waals surface area contributed by atoms with Crippen LogP contribution in [0.4, 0.5) is 5.82 Å². The highest BCUT2D eigenvalue weighted by Gasteiger charge is 2.18. The van der Waals surface area contributed by atoms with E-state index in [0.29, 0.717) is 13.0 Å². The van der Waals surface area contributed by atoms with Gasteiger partial charge >= 0.3 is 5.97 Å². The molecular formula is C17H22N4O4. The maximum absolute atomic E-state index is 11.7. The van der Waals surface area contributed by atoms with Crippen molar-refractivity contribution >= 4 is 23.6 Å². The largest absolute Gasteiger partial charge is 0.480 e. The zero-order valence-electron chi connectivity index (χ0n) is 13.8. The summed E-state index contributed by atoms with van der Waals surface area (Å²) in [7, 11) is 0. The maximum atomic E-state index is 11.7. The summed E-state index contributed by atoms with van der Waals surface area (Å²) < 4.78 is 0. The van der Waals surface area contributed by atoms with E-state index in [1.165, 1.54) is 0 Å². The summed E-state index contributed by atoms with van der Waals surface area (Å²) in [5.74, 6) is 0.892. The van der Waals surface area contributed by atoms with Crippen molar-refractivity contribution in [3.63, 3.8) is 0 Å². The minimum Gasteiger partial charge on any atom is -0.480 e. The van der Waals surface area contributed by atoms with Gasteiger partial charge in [-0.1, -0.05) is 6.07 Å². The van der Waals surface area contributed by atoms with E-state index in [1.807, 2.05) is 18.2 Å². The van der Waals surface area contributed by atoms with Crippen molar-refractivity contribution in [2.75, 3.05) is 18.4 Å². The number of amides is 2. The molecule has 8 heteroatoms. The van der Waals surface area contributed by atoms with Gasteiger partial charge in [0.15, 0.2) is 0 Å². The average Bonchev–Trinajstić information content (AvgIpc) is 2.60. The molecule has 0 bridgehead atoms. The first-order valence-corrected chi connectivity index (χ1v) is 7.90. The third-order valence-corrected chi connectivity index (χ3v) is 3.20. The van der Waals surface area contributed by atoms with Gasteiger partial charge in [-0.25, -0.2) is 9.78 Å². The van der Waals surface area contributed by atoms with Crippen molar-refractivity contribution in [2.24, 2.45) is 0 Å². The number of anilines is 1. The van der Waals surface area contributed by atoms with Gasteiger partial charge in [-0.3, -0.25) is 9.59 Å². The Morgan fingerprint density at radius 1 is 1.24 bits per heavy atom. The van der Waals surface area contributed by atoms with Crippen LogP contribution >= 0.6 is 0 Å². The number of carbonyl (C=O) groups excluding carboxylic acids is 2. The lowest BCUT2D eigenvalue weighted by Crippen LogP contribution is -2.45. The highest BCUT2D eigenvalue weighted by Crippen LogP contribution is 2.01. The SMILES string of the molecule is C#CCC(NC(=O)CNC(=O)CCCCNc1ccccn1)C(=O)O. The summed E-state index contributed by atoms with van der Waals surface area (Å²) in [4.78, 5) is 38.2. The first kappa shape index (κ1) is 20.0. The van der Waals surface area contributed by atoms with Crippen molar-refractivity contribution in [2.45, 2.75) is 31.7 Å². The average molecular weight is 346 g/mol. The number of terminal acetylenes is 1. The summed E-state index contributed by atoms with van der Waals surface area (Å²) >= 11 is 0. The topological polar surface area (TPSA) is 120 Å². The van der Waals surface area contributed by atoms with E-state index in [0.717, 1.165) is 12.2 Å². The summed E-state index contributed by atoms with van der Waals surface area (Å²) in [5, 5.41) is 16.7. The Bertz CT molecular complexity index is 613. The lowest BCUT2D eigenvalue weighted by atomic mass is 10.2. The van der Waals surface area contributed by atoms with E-state index in [4.69, 9.17) is 11.5 Å². The van der Waals surface area contributed by atoms with E-state index in [9.17, 15) is 14.4 Å². The molecule has 134 valence electrons. The molecule has 1 aromatic heterocycles. The number of nitrogens with one attached hydrogen (secondary N) is 3. The molecule has 0 spiro atoms. The molecule has 25 heavy (non-hydrogen) atoms. The fraction of sp³-hybridized carbons (Fsp3) is 0.412. The number of rotatable bonds is 11. The number of carboxylic acids is 1. The zero-order valence-corrected chi connectivity index (χ0v) is 13.8. The third kappa shape index (κ3) is 8.95. The molecular weight excluding hydrogens is 324 g/mol. The number of hydrogen-bond donors (Lipinski definition) is 4. The third-order valence-electron chi connectivity index (χ3n) is 3.20. The van der Waals surface area contributed by atoms with Crippen LogP contribution in [0.15, 0.2) is 24.4 Å². The molecule has 1 rings (SSSR count). The number of hydrogen-bond acceptors (Lipinski definition) is 5. The number of carboxylic acid groups (broad SMARTS) is 1. The van der Waals surface area contributed by atoms with Crippen LogP contribution in [0, 0.1) is 12.3 Å². The Kier molecular flexibility index (Phi) is 9.15. The fourth-order valence-electron chi connectivity index (χ4n) is 1.92. The van der Waals surface area contributed by atoms with E-state index < -0.39 is 17.9 Å². The second-order valence-corrected chi connectivity index (χ2v) is 5.24. The minimum absolute atomic E-state index is 0.113. The Hall–Kier alpha value is -3.08. The molecule has 1 aromatic rings. The second-order valence-electron chi connectivity index (χ2n) is 5.24. The zero-order chi connectivity index (χ0) is 18.5. The van der Waals surface area contributed by atoms with E-state index in [-0.39, 0.29) is 25.3 Å². The van der Waals surface area contributed by atoms with Crippen LogP contribution in [0.25, 0.3) is 0 Å². The fourth-order valence-corrected chi connectivity index (χ4v) is 1.92. The Balaban J connectivity index is 2.12. The van der Waals surface area contributed by atoms with Crippen molar-refractivity contribution in [3.05, 3.63) is 24.4 Å². The molecule has 0 saturated heterocycles. The van der Waals surface area contributed by atoms with Crippen LogP contribution < -0.4 is 16.0 Å². The maximum Gasteiger partial charge on any atom is 0.327 e. The number of carbonyl (C=O) groups is 3. The van der Waals surface area contributed by atoms with Gasteiger partial charge in [0.2, 0.25) is 11.8 Å². The smallest absolute Gasteiger partial charge is 0.327 e. The molecule has 4 N–H and O–H groups in total. The Morgan fingerprint density at radius 3 is 2.68 bits per heavy atom. The van der Waals surface area contributed by atoms with Crippen LogP contribution in [0.2, 0.25) is 0 Å². The van der Waals surface area contributed by atoms with E-state index in [2.05, 4.69) is 26.9 Å². The number of pyridine rings is 1. The molecule has 0 aliphatic heterocycles. The Labute approximate surface area is 146 Å². The molecule has 0 saturated carbocycles. The molecule has 1 unspecified atom stereocenters. The predicted molar refractivity (Wildman–Crippen MR) is 92.6 cm³/mol. The van der Waals surface area contributed by atoms with Gasteiger partial charge in [0.1, 0.15) is 11.9 Å². The van der Waals surface area contributed by atoms with E-state index >= 15 is 0 Å². The van der Waals surface area contributed by atoms with Gasteiger partial charge in [0.05, 0.1) is 6.54 Å². The van der Waals surface area contributed by atoms with Crippen molar-refractivity contribution in [1.82, 2.24) is 15.6 Å². The molecule has 2 amide bonds. The number of nitrogens with zero attached hydrogens (tertiary/aromatic N) is 1. The van der Waals surface area contributed by atoms with Crippen LogP contribution in [0.3, 0.4) is 0 Å². The normalized spacial score (nSPS) is 11.0. The summed E-state index contributed by atoms with van der Waals surface area (Å²) in [6, 6.07) is 4.42. The van der Waals surface area contributed by atoms with Crippen molar-refractivity contribution in [1.29, 1.82) is 0 Å². The molecule has 0 aliphatic rings. The molecule has 0 fully saturated rings. The summed E-state index contributed by atoms with van der Waals surface area (Å²) in [5.41, 5.74) is 0. The van der Waals surface area contributed by atoms with Gasteiger partial charge in [-0.05, 0) is 25.0 Å². The number of aliphatic carboxylic acids is 1. The predicted octanol–water partition coefficient (Wildman–Crippen LogP) is 0.373. The van der Waals surface area contributed by atoms with Crippen LogP contribution in [-0.4, -0.2) is 47.0 Å². The van der Waals surface area contributed by atoms with Gasteiger partial charge in [0, 0.05) is 25.6 Å². The molecule has 0 radical (unpaired) electrons. The van der Waals surface area contributed by atoms with Gasteiger partial charge in [-0.2, -0.15) is 0 Å². The highest BCUT2D eigenvalue weighted by molar-refractivity contribution is 5.87. The summed E-state index contributed by atoms with van der Waals surface area (Å²) in [6.07, 6.45) is 8.33. The number of unbranched alkanes of at least 4 members (excludes halogenated alkanes) is 1. The lowest BCUT2D eigenvalue weighted by molar-refractivity contribution is -0.141. The lowest BCUT2D eigenvalue weighted by Gasteiger charge is -2.12. The van der Waals surface area contributed by atoms with Crippen LogP contribution in [-0.2, 0) is 14.4 Å². The van der Waals surface area contributed by atoms with Crippen LogP contribution in [0.1, 0.15) is 25.7 Å². The molecule has 1 atom stereocenters. The van der Waals surface area contributed by atoms with Gasteiger partial charge in [-0.15, -0.1) is 12.3 Å². The molecule has 0 aliphatic carbocycles. The first-order chi connectivity index (χ1) is 12.0. The monoisotopic (exact) mass is 346 g/mol. The van der Waals surface area contributed by atoms with E-state index in [1.54, 1.807) is 6.20 Å². The molecule has 1 heterocycles. The Morgan fingerprint density at radius 2 is 2.04 bits per heavy atom. The van der Waals surface area contributed by atoms with Crippen LogP contribution in [0.5, 0.6) is 0 Å². The standard InChI is InChI=1S/C17H22N4O4/c1-2-7-13(17(24)25)21-16(23)12-20-15(22)9-4-6-11-19-14-8-3-5-10-18-14/h1,3,5,8,10,13H,4,6-7,9,11-12H2,(H,18,19)(H,20,22)(H,21,23)(H,24,25). The minimum atomic E-state index is -1.21. The second kappa shape index (κ2) is 11.5. The quantitative estimate of drug-likeness (QED) is 0.339. The number of aromatic nitrogens is 1.